The highest BCUT2D eigenvalue weighted by atomic mass is 15.3. The molecule has 0 saturated carbocycles. The fourth-order valence-corrected chi connectivity index (χ4v) is 3.21. The van der Waals surface area contributed by atoms with Crippen molar-refractivity contribution >= 4 is 0 Å². The fourth-order valence-electron chi connectivity index (χ4n) is 3.21. The maximum atomic E-state index is 9.63. The number of nitrogens with zero attached hydrogens (tertiary/aromatic N) is 3. The summed E-state index contributed by atoms with van der Waals surface area (Å²) in [5, 5.41) is 13.0. The lowest BCUT2D eigenvalue weighted by molar-refractivity contribution is 0.0481. The van der Waals surface area contributed by atoms with Gasteiger partial charge in [0.2, 0.25) is 0 Å². The van der Waals surface area contributed by atoms with E-state index in [9.17, 15) is 5.26 Å². The molecule has 0 unspecified atom stereocenters. The third-order valence-electron chi connectivity index (χ3n) is 4.24. The van der Waals surface area contributed by atoms with Crippen molar-refractivity contribution in [3.63, 3.8) is 0 Å². The van der Waals surface area contributed by atoms with Crippen LogP contribution >= 0.6 is 0 Å². The summed E-state index contributed by atoms with van der Waals surface area (Å²) >= 11 is 0. The van der Waals surface area contributed by atoms with Crippen LogP contribution < -0.4 is 5.32 Å². The molecule has 4 heteroatoms. The lowest BCUT2D eigenvalue weighted by Gasteiger charge is -2.46. The minimum Gasteiger partial charge on any atom is -0.314 e. The molecule has 0 aromatic rings. The van der Waals surface area contributed by atoms with E-state index in [1.807, 2.05) is 0 Å². The smallest absolute Gasteiger partial charge is 0.111 e. The Bertz CT molecular complexity index is 293. The summed E-state index contributed by atoms with van der Waals surface area (Å²) in [7, 11) is 0. The van der Waals surface area contributed by atoms with Gasteiger partial charge in [-0.05, 0) is 18.8 Å². The zero-order valence-corrected chi connectivity index (χ0v) is 11.8. The number of nitrogens with one attached hydrogen (secondary N) is 1. The van der Waals surface area contributed by atoms with Crippen LogP contribution in [0.5, 0.6) is 0 Å². The summed E-state index contributed by atoms with van der Waals surface area (Å²) < 4.78 is 0. The average molecular weight is 250 g/mol. The molecule has 1 N–H and O–H groups in total. The van der Waals surface area contributed by atoms with Crippen LogP contribution in [0, 0.1) is 17.2 Å². The normalized spacial score (nSPS) is 26.1. The number of piperazine rings is 1. The van der Waals surface area contributed by atoms with Crippen LogP contribution in [0.1, 0.15) is 26.7 Å². The van der Waals surface area contributed by atoms with Crippen LogP contribution in [0.2, 0.25) is 0 Å². The van der Waals surface area contributed by atoms with E-state index in [-0.39, 0.29) is 5.54 Å². The lowest BCUT2D eigenvalue weighted by Crippen LogP contribution is -2.59. The van der Waals surface area contributed by atoms with Crippen LogP contribution in [0.15, 0.2) is 0 Å². The van der Waals surface area contributed by atoms with Gasteiger partial charge >= 0.3 is 0 Å². The topological polar surface area (TPSA) is 42.3 Å². The summed E-state index contributed by atoms with van der Waals surface area (Å²) in [4.78, 5) is 4.93. The first-order valence-electron chi connectivity index (χ1n) is 7.26. The number of nitriles is 1. The molecule has 0 spiro atoms. The van der Waals surface area contributed by atoms with Gasteiger partial charge in [0.05, 0.1) is 6.07 Å². The largest absolute Gasteiger partial charge is 0.314 e. The van der Waals surface area contributed by atoms with E-state index in [4.69, 9.17) is 0 Å². The van der Waals surface area contributed by atoms with Crippen molar-refractivity contribution in [3.8, 4) is 6.07 Å². The van der Waals surface area contributed by atoms with Crippen LogP contribution in [-0.4, -0.2) is 61.2 Å². The highest BCUT2D eigenvalue weighted by Gasteiger charge is 2.40. The van der Waals surface area contributed by atoms with E-state index < -0.39 is 0 Å². The highest BCUT2D eigenvalue weighted by molar-refractivity contribution is 5.11. The van der Waals surface area contributed by atoms with Crippen LogP contribution in [0.25, 0.3) is 0 Å². The molecule has 102 valence electrons. The van der Waals surface area contributed by atoms with E-state index in [0.29, 0.717) is 0 Å². The fraction of sp³-hybridized carbons (Fsp3) is 0.929. The zero-order valence-electron chi connectivity index (χ0n) is 11.8. The number of rotatable bonds is 3. The number of piperidine rings is 1. The predicted octanol–water partition coefficient (Wildman–Crippen LogP) is 0.906. The van der Waals surface area contributed by atoms with Gasteiger partial charge in [0.25, 0.3) is 0 Å². The van der Waals surface area contributed by atoms with E-state index >= 15 is 0 Å². The lowest BCUT2D eigenvalue weighted by atomic mass is 9.86. The standard InChI is InChI=1S/C14H26N4/c1-13(2)11-17-7-3-14(12-15,4-8-17)18-9-5-16-6-10-18/h13,16H,3-11H2,1-2H3. The van der Waals surface area contributed by atoms with Gasteiger partial charge in [-0.2, -0.15) is 5.26 Å². The van der Waals surface area contributed by atoms with Crippen LogP contribution in [-0.2, 0) is 0 Å². The van der Waals surface area contributed by atoms with E-state index in [1.54, 1.807) is 0 Å². The van der Waals surface area contributed by atoms with Gasteiger partial charge in [0.1, 0.15) is 5.54 Å². The van der Waals surface area contributed by atoms with Crippen molar-refractivity contribution in [1.29, 1.82) is 5.26 Å². The first-order valence-corrected chi connectivity index (χ1v) is 7.26. The number of likely N-dealkylation sites (tertiary alicyclic amines) is 1. The molecule has 0 aliphatic carbocycles. The molecule has 2 fully saturated rings. The summed E-state index contributed by atoms with van der Waals surface area (Å²) in [5.41, 5.74) is -0.185. The molecule has 2 heterocycles. The van der Waals surface area contributed by atoms with Gasteiger partial charge < -0.3 is 10.2 Å². The van der Waals surface area contributed by atoms with Crippen molar-refractivity contribution in [1.82, 2.24) is 15.1 Å². The molecule has 4 nitrogen and oxygen atoms in total. The molecular formula is C14H26N4. The third-order valence-corrected chi connectivity index (χ3v) is 4.24. The molecule has 2 rings (SSSR count). The van der Waals surface area contributed by atoms with Crippen molar-refractivity contribution in [2.24, 2.45) is 5.92 Å². The molecule has 0 aromatic carbocycles. The Labute approximate surface area is 111 Å². The highest BCUT2D eigenvalue weighted by Crippen LogP contribution is 2.29. The van der Waals surface area contributed by atoms with Crippen LogP contribution in [0.3, 0.4) is 0 Å². The summed E-state index contributed by atoms with van der Waals surface area (Å²) in [6, 6.07) is 2.63. The molecule has 0 amide bonds. The monoisotopic (exact) mass is 250 g/mol. The second-order valence-corrected chi connectivity index (χ2v) is 6.07. The van der Waals surface area contributed by atoms with Crippen molar-refractivity contribution in [2.75, 3.05) is 45.8 Å². The Morgan fingerprint density at radius 2 is 1.78 bits per heavy atom. The minimum atomic E-state index is -0.185. The third kappa shape index (κ3) is 3.03. The Morgan fingerprint density at radius 1 is 1.17 bits per heavy atom. The van der Waals surface area contributed by atoms with Crippen molar-refractivity contribution < 1.29 is 0 Å². The zero-order chi connectivity index (χ0) is 13.0. The van der Waals surface area contributed by atoms with Gasteiger partial charge in [0, 0.05) is 45.8 Å². The summed E-state index contributed by atoms with van der Waals surface area (Å²) in [6.45, 7) is 12.0. The summed E-state index contributed by atoms with van der Waals surface area (Å²) in [5.74, 6) is 0.721. The van der Waals surface area contributed by atoms with E-state index in [2.05, 4.69) is 35.0 Å². The molecule has 0 bridgehead atoms. The van der Waals surface area contributed by atoms with E-state index in [1.165, 1.54) is 6.54 Å². The van der Waals surface area contributed by atoms with Gasteiger partial charge in [0.15, 0.2) is 0 Å². The van der Waals surface area contributed by atoms with Gasteiger partial charge in [-0.3, -0.25) is 4.90 Å². The van der Waals surface area contributed by atoms with Gasteiger partial charge in [-0.15, -0.1) is 0 Å². The van der Waals surface area contributed by atoms with Gasteiger partial charge in [-0.25, -0.2) is 0 Å². The Morgan fingerprint density at radius 3 is 2.28 bits per heavy atom. The minimum absolute atomic E-state index is 0.185. The Balaban J connectivity index is 1.93. The quantitative estimate of drug-likeness (QED) is 0.808. The second-order valence-electron chi connectivity index (χ2n) is 6.07. The molecule has 0 aromatic heterocycles. The Hall–Kier alpha value is -0.630. The maximum absolute atomic E-state index is 9.63. The molecule has 2 aliphatic rings. The van der Waals surface area contributed by atoms with Crippen molar-refractivity contribution in [2.45, 2.75) is 32.2 Å². The summed E-state index contributed by atoms with van der Waals surface area (Å²) in [6.07, 6.45) is 2.02. The van der Waals surface area contributed by atoms with Crippen LogP contribution in [0.4, 0.5) is 0 Å². The SMILES string of the molecule is CC(C)CN1CCC(C#N)(N2CCNCC2)CC1. The first kappa shape index (κ1) is 13.8. The average Bonchev–Trinajstić information content (AvgIpc) is 2.40. The number of hydrogen-bond acceptors (Lipinski definition) is 4. The maximum Gasteiger partial charge on any atom is 0.111 e. The molecule has 2 aliphatic heterocycles. The molecule has 0 atom stereocenters. The molecule has 2 saturated heterocycles. The first-order chi connectivity index (χ1) is 8.66. The Kier molecular flexibility index (Phi) is 4.60. The molecule has 18 heavy (non-hydrogen) atoms. The van der Waals surface area contributed by atoms with E-state index in [0.717, 1.165) is 58.0 Å². The molecular weight excluding hydrogens is 224 g/mol. The predicted molar refractivity (Wildman–Crippen MR) is 73.3 cm³/mol. The van der Waals surface area contributed by atoms with Crippen molar-refractivity contribution in [3.05, 3.63) is 0 Å². The number of hydrogen-bond donors (Lipinski definition) is 1. The molecule has 0 radical (unpaired) electrons. The van der Waals surface area contributed by atoms with Gasteiger partial charge in [-0.1, -0.05) is 13.8 Å². The second kappa shape index (κ2) is 6.01.